The fraction of sp³-hybridized carbons (Fsp3) is 0.450. The van der Waals surface area contributed by atoms with Crippen LogP contribution in [0.5, 0.6) is 0 Å². The molecule has 0 spiro atoms. The van der Waals surface area contributed by atoms with Crippen LogP contribution in [-0.4, -0.2) is 11.1 Å². The molecular weight excluding hydrogens is 272 g/mol. The van der Waals surface area contributed by atoms with Gasteiger partial charge in [0, 0.05) is 6.42 Å². The van der Waals surface area contributed by atoms with Crippen LogP contribution in [-0.2, 0) is 4.79 Å². The summed E-state index contributed by atoms with van der Waals surface area (Å²) in [6.07, 6.45) is 16.7. The van der Waals surface area contributed by atoms with E-state index in [0.29, 0.717) is 6.42 Å². The summed E-state index contributed by atoms with van der Waals surface area (Å²) in [6.45, 7) is 2.23. The van der Waals surface area contributed by atoms with Crippen LogP contribution in [0.2, 0.25) is 0 Å². The monoisotopic (exact) mass is 300 g/mol. The van der Waals surface area contributed by atoms with Crippen LogP contribution in [0.25, 0.3) is 12.2 Å². The van der Waals surface area contributed by atoms with E-state index in [0.717, 1.165) is 18.4 Å². The Hall–Kier alpha value is -1.83. The molecule has 2 heteroatoms. The zero-order valence-corrected chi connectivity index (χ0v) is 13.6. The van der Waals surface area contributed by atoms with Gasteiger partial charge in [-0.05, 0) is 36.8 Å². The number of aliphatic carboxylic acids is 1. The molecule has 0 heterocycles. The molecule has 120 valence electrons. The summed E-state index contributed by atoms with van der Waals surface area (Å²) in [5, 5.41) is 8.56. The van der Waals surface area contributed by atoms with E-state index in [1.54, 1.807) is 0 Å². The number of carboxylic acids is 1. The molecule has 0 aliphatic heterocycles. The Labute approximate surface area is 134 Å². The lowest BCUT2D eigenvalue weighted by atomic mass is 10.1. The Morgan fingerprint density at radius 3 is 1.95 bits per heavy atom. The maximum atomic E-state index is 10.4. The summed E-state index contributed by atoms with van der Waals surface area (Å²) in [6, 6.07) is 8.45. The Balaban J connectivity index is 2.28. The quantitative estimate of drug-likeness (QED) is 0.514. The minimum Gasteiger partial charge on any atom is -0.481 e. The van der Waals surface area contributed by atoms with E-state index in [1.165, 1.54) is 31.2 Å². The number of hydrogen-bond acceptors (Lipinski definition) is 1. The molecule has 22 heavy (non-hydrogen) atoms. The Bertz CT molecular complexity index is 469. The highest BCUT2D eigenvalue weighted by atomic mass is 16.4. The first kappa shape index (κ1) is 18.2. The third-order valence-corrected chi connectivity index (χ3v) is 3.54. The van der Waals surface area contributed by atoms with E-state index in [2.05, 4.69) is 49.4 Å². The number of rotatable bonds is 11. The predicted octanol–water partition coefficient (Wildman–Crippen LogP) is 5.94. The highest BCUT2D eigenvalue weighted by Gasteiger charge is 1.94. The normalized spacial score (nSPS) is 11.5. The van der Waals surface area contributed by atoms with Crippen LogP contribution in [0.3, 0.4) is 0 Å². The molecule has 1 aromatic carbocycles. The van der Waals surface area contributed by atoms with Crippen molar-refractivity contribution < 1.29 is 9.90 Å². The van der Waals surface area contributed by atoms with Crippen molar-refractivity contribution in [1.29, 1.82) is 0 Å². The Morgan fingerprint density at radius 1 is 0.909 bits per heavy atom. The standard InChI is InChI=1S/C20H28O2/c1-2-3-4-5-6-8-11-18-14-16-19(17-15-18)12-9-7-10-13-20(21)22/h8-9,11-12,14-17H,2-7,10,13H2,1H3,(H,21,22)/b11-8+,12-9-. The van der Waals surface area contributed by atoms with Gasteiger partial charge in [-0.15, -0.1) is 0 Å². The van der Waals surface area contributed by atoms with Gasteiger partial charge in [0.2, 0.25) is 0 Å². The first-order chi connectivity index (χ1) is 10.7. The van der Waals surface area contributed by atoms with Gasteiger partial charge in [0.25, 0.3) is 0 Å². The highest BCUT2D eigenvalue weighted by molar-refractivity contribution is 5.66. The predicted molar refractivity (Wildman–Crippen MR) is 94.8 cm³/mol. The van der Waals surface area contributed by atoms with Gasteiger partial charge in [-0.3, -0.25) is 4.79 Å². The van der Waals surface area contributed by atoms with Crippen molar-refractivity contribution in [2.24, 2.45) is 0 Å². The van der Waals surface area contributed by atoms with Crippen LogP contribution >= 0.6 is 0 Å². The molecule has 0 saturated heterocycles. The second-order valence-corrected chi connectivity index (χ2v) is 5.61. The van der Waals surface area contributed by atoms with E-state index in [1.807, 2.05) is 6.08 Å². The van der Waals surface area contributed by atoms with Gasteiger partial charge in [-0.25, -0.2) is 0 Å². The van der Waals surface area contributed by atoms with Crippen molar-refractivity contribution in [1.82, 2.24) is 0 Å². The molecule has 0 atom stereocenters. The van der Waals surface area contributed by atoms with Crippen LogP contribution in [0.4, 0.5) is 0 Å². The number of hydrogen-bond donors (Lipinski definition) is 1. The number of allylic oxidation sites excluding steroid dienone is 2. The van der Waals surface area contributed by atoms with Crippen molar-refractivity contribution in [2.45, 2.75) is 58.3 Å². The summed E-state index contributed by atoms with van der Waals surface area (Å²) < 4.78 is 0. The van der Waals surface area contributed by atoms with Crippen LogP contribution < -0.4 is 0 Å². The van der Waals surface area contributed by atoms with E-state index in [-0.39, 0.29) is 6.42 Å². The summed E-state index contributed by atoms with van der Waals surface area (Å²) in [5.41, 5.74) is 2.40. The van der Waals surface area contributed by atoms with Crippen molar-refractivity contribution >= 4 is 18.1 Å². The highest BCUT2D eigenvalue weighted by Crippen LogP contribution is 2.10. The van der Waals surface area contributed by atoms with Crippen molar-refractivity contribution in [2.75, 3.05) is 0 Å². The average Bonchev–Trinajstić information content (AvgIpc) is 2.51. The fourth-order valence-corrected chi connectivity index (χ4v) is 2.22. The van der Waals surface area contributed by atoms with Gasteiger partial charge in [0.05, 0.1) is 0 Å². The minimum atomic E-state index is -0.723. The maximum absolute atomic E-state index is 10.4. The zero-order valence-electron chi connectivity index (χ0n) is 13.6. The molecule has 0 aliphatic rings. The van der Waals surface area contributed by atoms with Gasteiger partial charge in [-0.1, -0.05) is 74.8 Å². The smallest absolute Gasteiger partial charge is 0.303 e. The molecule has 0 bridgehead atoms. The van der Waals surface area contributed by atoms with Crippen molar-refractivity contribution in [3.8, 4) is 0 Å². The molecular formula is C20H28O2. The van der Waals surface area contributed by atoms with Gasteiger partial charge in [-0.2, -0.15) is 0 Å². The van der Waals surface area contributed by atoms with Gasteiger partial charge in [0.1, 0.15) is 0 Å². The lowest BCUT2D eigenvalue weighted by Gasteiger charge is -1.97. The lowest BCUT2D eigenvalue weighted by Crippen LogP contribution is -1.92. The fourth-order valence-electron chi connectivity index (χ4n) is 2.22. The van der Waals surface area contributed by atoms with Crippen LogP contribution in [0.15, 0.2) is 36.4 Å². The average molecular weight is 300 g/mol. The molecule has 2 nitrogen and oxygen atoms in total. The lowest BCUT2D eigenvalue weighted by molar-refractivity contribution is -0.137. The maximum Gasteiger partial charge on any atom is 0.303 e. The van der Waals surface area contributed by atoms with Crippen LogP contribution in [0.1, 0.15) is 69.4 Å². The van der Waals surface area contributed by atoms with Gasteiger partial charge in [0.15, 0.2) is 0 Å². The largest absolute Gasteiger partial charge is 0.481 e. The topological polar surface area (TPSA) is 37.3 Å². The van der Waals surface area contributed by atoms with Gasteiger partial charge < -0.3 is 5.11 Å². The third-order valence-electron chi connectivity index (χ3n) is 3.54. The summed E-state index contributed by atoms with van der Waals surface area (Å²) in [5.74, 6) is -0.723. The van der Waals surface area contributed by atoms with E-state index >= 15 is 0 Å². The molecule has 0 saturated carbocycles. The van der Waals surface area contributed by atoms with Crippen molar-refractivity contribution in [3.63, 3.8) is 0 Å². The number of benzene rings is 1. The second kappa shape index (κ2) is 11.8. The second-order valence-electron chi connectivity index (χ2n) is 5.61. The number of unbranched alkanes of at least 4 members (excludes halogenated alkanes) is 5. The number of carboxylic acid groups (broad SMARTS) is 1. The molecule has 0 unspecified atom stereocenters. The third kappa shape index (κ3) is 9.17. The molecule has 0 fully saturated rings. The minimum absolute atomic E-state index is 0.242. The van der Waals surface area contributed by atoms with Crippen LogP contribution in [0, 0.1) is 0 Å². The molecule has 0 radical (unpaired) electrons. The first-order valence-corrected chi connectivity index (χ1v) is 8.37. The van der Waals surface area contributed by atoms with Crippen molar-refractivity contribution in [3.05, 3.63) is 47.5 Å². The molecule has 0 amide bonds. The summed E-state index contributed by atoms with van der Waals surface area (Å²) in [4.78, 5) is 10.4. The van der Waals surface area contributed by atoms with E-state index < -0.39 is 5.97 Å². The summed E-state index contributed by atoms with van der Waals surface area (Å²) >= 11 is 0. The molecule has 0 aromatic heterocycles. The SMILES string of the molecule is CCCCCC/C=C/c1ccc(/C=C\CCCC(=O)O)cc1. The van der Waals surface area contributed by atoms with E-state index in [9.17, 15) is 4.79 Å². The summed E-state index contributed by atoms with van der Waals surface area (Å²) in [7, 11) is 0. The van der Waals surface area contributed by atoms with Gasteiger partial charge >= 0.3 is 5.97 Å². The Morgan fingerprint density at radius 2 is 1.45 bits per heavy atom. The number of carbonyl (C=O) groups is 1. The molecule has 1 aromatic rings. The Kier molecular flexibility index (Phi) is 9.76. The molecule has 0 aliphatic carbocycles. The first-order valence-electron chi connectivity index (χ1n) is 8.37. The molecule has 1 N–H and O–H groups in total. The zero-order chi connectivity index (χ0) is 16.0. The molecule has 1 rings (SSSR count). The van der Waals surface area contributed by atoms with E-state index in [4.69, 9.17) is 5.11 Å².